The molecule has 0 amide bonds. The van der Waals surface area contributed by atoms with Crippen LogP contribution < -0.4 is 2.81 Å². The van der Waals surface area contributed by atoms with E-state index in [0.29, 0.717) is 0 Å². The second-order valence-corrected chi connectivity index (χ2v) is 14.0. The third-order valence-electron chi connectivity index (χ3n) is 5.84. The van der Waals surface area contributed by atoms with Crippen molar-refractivity contribution < 1.29 is 25.0 Å². The van der Waals surface area contributed by atoms with Crippen molar-refractivity contribution in [3.05, 3.63) is 36.5 Å². The Morgan fingerprint density at radius 3 is 2.08 bits per heavy atom. The van der Waals surface area contributed by atoms with Gasteiger partial charge in [-0.3, -0.25) is 0 Å². The Hall–Kier alpha value is -0.687. The standard InChI is InChI=1S/C9H7NO.2C6H11.Zr/c11-8-5-1-3-7-4-2-6-10-9(7)8;2*1-2-4-6-5-3-1;/h1-6,11H;2*1H,2-6H2;/q;;;+1/p-1. The fourth-order valence-corrected chi connectivity index (χ4v) is 12.9. The first-order valence-corrected chi connectivity index (χ1v) is 13.6. The van der Waals surface area contributed by atoms with Gasteiger partial charge in [-0.15, -0.1) is 0 Å². The zero-order valence-corrected chi connectivity index (χ0v) is 17.0. The van der Waals surface area contributed by atoms with Crippen molar-refractivity contribution in [1.29, 1.82) is 0 Å². The van der Waals surface area contributed by atoms with Crippen LogP contribution in [0.2, 0.25) is 7.25 Å². The average molecular weight is 402 g/mol. The Morgan fingerprint density at radius 2 is 1.42 bits per heavy atom. The monoisotopic (exact) mass is 400 g/mol. The molecule has 1 heterocycles. The molecule has 2 aliphatic carbocycles. The van der Waals surface area contributed by atoms with Crippen LogP contribution in [0.3, 0.4) is 0 Å². The number of hydrogen-bond donors (Lipinski definition) is 0. The topological polar surface area (TPSA) is 22.1 Å². The van der Waals surface area contributed by atoms with Gasteiger partial charge in [0.05, 0.1) is 0 Å². The summed E-state index contributed by atoms with van der Waals surface area (Å²) in [5.41, 5.74) is 1.07. The van der Waals surface area contributed by atoms with Crippen LogP contribution in [-0.2, 0) is 22.2 Å². The number of rotatable bonds is 4. The summed E-state index contributed by atoms with van der Waals surface area (Å²) in [6, 6.07) is 10.6. The van der Waals surface area contributed by atoms with Crippen LogP contribution in [0.4, 0.5) is 0 Å². The van der Waals surface area contributed by atoms with Gasteiger partial charge in [0.1, 0.15) is 0 Å². The number of benzene rings is 1. The van der Waals surface area contributed by atoms with Gasteiger partial charge in [0, 0.05) is 0 Å². The van der Waals surface area contributed by atoms with Gasteiger partial charge < -0.3 is 0 Å². The first-order chi connectivity index (χ1) is 11.9. The van der Waals surface area contributed by atoms with Gasteiger partial charge in [0.15, 0.2) is 0 Å². The molecule has 2 saturated carbocycles. The number of aromatic nitrogens is 1. The molecule has 0 radical (unpaired) electrons. The van der Waals surface area contributed by atoms with Crippen molar-refractivity contribution in [2.24, 2.45) is 0 Å². The molecule has 0 bridgehead atoms. The van der Waals surface area contributed by atoms with Gasteiger partial charge in [-0.2, -0.15) is 0 Å². The van der Waals surface area contributed by atoms with Gasteiger partial charge in [0.2, 0.25) is 0 Å². The fourth-order valence-electron chi connectivity index (χ4n) is 4.56. The average Bonchev–Trinajstić information content (AvgIpc) is 2.67. The van der Waals surface area contributed by atoms with Crippen LogP contribution in [0, 0.1) is 0 Å². The maximum absolute atomic E-state index is 6.94. The molecule has 24 heavy (non-hydrogen) atoms. The molecule has 0 unspecified atom stereocenters. The quantitative estimate of drug-likeness (QED) is 0.572. The van der Waals surface area contributed by atoms with Gasteiger partial charge in [-0.05, 0) is 0 Å². The summed E-state index contributed by atoms with van der Waals surface area (Å²) in [7, 11) is 0. The van der Waals surface area contributed by atoms with E-state index in [1.807, 2.05) is 12.3 Å². The van der Waals surface area contributed by atoms with E-state index in [-0.39, 0.29) is 0 Å². The maximum atomic E-state index is 6.94. The van der Waals surface area contributed by atoms with Gasteiger partial charge in [0.25, 0.3) is 0 Å². The summed E-state index contributed by atoms with van der Waals surface area (Å²) in [5.74, 6) is 1.08. The molecule has 3 heteroatoms. The molecule has 2 nitrogen and oxygen atoms in total. The Balaban J connectivity index is 1.62. The molecule has 0 saturated heterocycles. The molecule has 0 atom stereocenters. The summed E-state index contributed by atoms with van der Waals surface area (Å²) in [6.07, 6.45) is 16.2. The SMILES string of the molecule is c1cnc2c([O][Zr]([CH]3CCCCC3)[CH]3CCCCC3)cccc2c1. The molecule has 1 aromatic carbocycles. The van der Waals surface area contributed by atoms with Crippen LogP contribution in [0.5, 0.6) is 5.75 Å². The molecule has 2 fully saturated rings. The molecule has 2 aromatic rings. The van der Waals surface area contributed by atoms with Crippen molar-refractivity contribution in [1.82, 2.24) is 4.98 Å². The fraction of sp³-hybridized carbons (Fsp3) is 0.571. The first kappa shape index (κ1) is 16.8. The second kappa shape index (κ2) is 8.13. The Morgan fingerprint density at radius 1 is 0.792 bits per heavy atom. The van der Waals surface area contributed by atoms with E-state index in [9.17, 15) is 0 Å². The van der Waals surface area contributed by atoms with Gasteiger partial charge in [-0.1, -0.05) is 0 Å². The summed E-state index contributed by atoms with van der Waals surface area (Å²) in [6.45, 7) is 0. The van der Waals surface area contributed by atoms with Crippen molar-refractivity contribution in [2.45, 2.75) is 71.5 Å². The summed E-state index contributed by atoms with van der Waals surface area (Å²) in [5, 5.41) is 1.21. The van der Waals surface area contributed by atoms with Crippen LogP contribution in [0.15, 0.2) is 36.5 Å². The van der Waals surface area contributed by atoms with E-state index in [0.717, 1.165) is 18.5 Å². The van der Waals surface area contributed by atoms with Gasteiger partial charge >= 0.3 is 155 Å². The Labute approximate surface area is 154 Å². The molecular weight excluding hydrogens is 373 g/mol. The number of para-hydroxylation sites is 1. The zero-order chi connectivity index (χ0) is 16.2. The van der Waals surface area contributed by atoms with Crippen molar-refractivity contribution >= 4 is 10.9 Å². The summed E-state index contributed by atoms with van der Waals surface area (Å²) in [4.78, 5) is 4.63. The van der Waals surface area contributed by atoms with E-state index in [1.54, 1.807) is 0 Å². The molecule has 1 aromatic heterocycles. The predicted molar refractivity (Wildman–Crippen MR) is 96.0 cm³/mol. The molecule has 0 aliphatic heterocycles. The van der Waals surface area contributed by atoms with Gasteiger partial charge in [-0.25, -0.2) is 0 Å². The molecular formula is C21H28NOZr. The Kier molecular flexibility index (Phi) is 5.68. The van der Waals surface area contributed by atoms with Crippen LogP contribution in [0.25, 0.3) is 10.9 Å². The predicted octanol–water partition coefficient (Wildman–Crippen LogP) is 6.65. The molecule has 0 spiro atoms. The zero-order valence-electron chi connectivity index (χ0n) is 14.5. The summed E-state index contributed by atoms with van der Waals surface area (Å²) < 4.78 is 8.81. The van der Waals surface area contributed by atoms with E-state index >= 15 is 0 Å². The Bertz CT molecular complexity index is 638. The normalized spacial score (nSPS) is 20.2. The number of pyridine rings is 1. The molecule has 0 N–H and O–H groups in total. The van der Waals surface area contributed by atoms with Crippen LogP contribution in [0.1, 0.15) is 64.2 Å². The molecule has 127 valence electrons. The number of nitrogens with zero attached hydrogens (tertiary/aromatic N) is 1. The molecule has 2 aliphatic rings. The van der Waals surface area contributed by atoms with E-state index in [4.69, 9.17) is 2.81 Å². The third-order valence-corrected chi connectivity index (χ3v) is 13.8. The second-order valence-electron chi connectivity index (χ2n) is 7.51. The summed E-state index contributed by atoms with van der Waals surface area (Å²) >= 11 is -1.96. The van der Waals surface area contributed by atoms with Crippen molar-refractivity contribution in [3.8, 4) is 5.75 Å². The van der Waals surface area contributed by atoms with E-state index < -0.39 is 22.2 Å². The van der Waals surface area contributed by atoms with E-state index in [1.165, 1.54) is 69.6 Å². The van der Waals surface area contributed by atoms with Crippen LogP contribution in [-0.4, -0.2) is 4.98 Å². The number of fused-ring (bicyclic) bond motifs is 1. The van der Waals surface area contributed by atoms with E-state index in [2.05, 4.69) is 29.2 Å². The third kappa shape index (κ3) is 3.77. The van der Waals surface area contributed by atoms with Crippen molar-refractivity contribution in [3.63, 3.8) is 0 Å². The molecule has 4 rings (SSSR count). The number of hydrogen-bond acceptors (Lipinski definition) is 2. The van der Waals surface area contributed by atoms with Crippen LogP contribution >= 0.6 is 0 Å². The van der Waals surface area contributed by atoms with Crippen molar-refractivity contribution in [2.75, 3.05) is 0 Å². The minimum absolute atomic E-state index is 0.934. The first-order valence-electron chi connectivity index (χ1n) is 9.80. The minimum atomic E-state index is -1.96.